The second-order valence-corrected chi connectivity index (χ2v) is 7.24. The molecule has 0 bridgehead atoms. The van der Waals surface area contributed by atoms with Crippen LogP contribution in [0.5, 0.6) is 5.75 Å². The molecular formula is C22H22ClN3O5. The molecule has 8 nitrogen and oxygen atoms in total. The number of benzene rings is 2. The van der Waals surface area contributed by atoms with Gasteiger partial charge in [-0.3, -0.25) is 14.3 Å². The maximum Gasteiger partial charge on any atom is 0.344 e. The van der Waals surface area contributed by atoms with Gasteiger partial charge in [0.15, 0.2) is 12.7 Å². The predicted octanol–water partition coefficient (Wildman–Crippen LogP) is 3.09. The highest BCUT2D eigenvalue weighted by atomic mass is 35.5. The van der Waals surface area contributed by atoms with Crippen LogP contribution in [0, 0.1) is 6.92 Å². The van der Waals surface area contributed by atoms with Gasteiger partial charge in [0.2, 0.25) is 0 Å². The van der Waals surface area contributed by atoms with Crippen molar-refractivity contribution >= 4 is 29.2 Å². The number of carbonyl (C=O) groups is 2. The number of rotatable bonds is 7. The van der Waals surface area contributed by atoms with Gasteiger partial charge >= 0.3 is 5.97 Å². The van der Waals surface area contributed by atoms with E-state index in [1.54, 1.807) is 55.1 Å². The van der Waals surface area contributed by atoms with Crippen LogP contribution in [0.4, 0.5) is 5.69 Å². The molecule has 0 fully saturated rings. The molecule has 1 N–H and O–H groups in total. The van der Waals surface area contributed by atoms with E-state index in [-0.39, 0.29) is 17.9 Å². The molecule has 0 saturated heterocycles. The zero-order valence-corrected chi connectivity index (χ0v) is 18.1. The molecule has 2 aromatic carbocycles. The summed E-state index contributed by atoms with van der Waals surface area (Å²) in [6, 6.07) is 15.5. The normalized spacial score (nSPS) is 11.6. The van der Waals surface area contributed by atoms with Crippen molar-refractivity contribution in [3.05, 3.63) is 75.7 Å². The number of halogens is 1. The van der Waals surface area contributed by atoms with Gasteiger partial charge in [0.25, 0.3) is 11.5 Å². The molecule has 0 aliphatic heterocycles. The van der Waals surface area contributed by atoms with E-state index in [1.165, 1.54) is 11.6 Å². The molecule has 9 heteroatoms. The molecule has 0 aliphatic rings. The fraction of sp³-hybridized carbons (Fsp3) is 0.227. The number of hydrogen-bond acceptors (Lipinski definition) is 5. The van der Waals surface area contributed by atoms with Gasteiger partial charge in [0.1, 0.15) is 11.4 Å². The Morgan fingerprint density at radius 1 is 1.10 bits per heavy atom. The number of hydrogen-bond donors (Lipinski definition) is 1. The zero-order chi connectivity index (χ0) is 22.5. The van der Waals surface area contributed by atoms with Gasteiger partial charge < -0.3 is 14.8 Å². The zero-order valence-electron chi connectivity index (χ0n) is 17.3. The largest absolute Gasteiger partial charge is 0.482 e. The van der Waals surface area contributed by atoms with E-state index in [9.17, 15) is 14.4 Å². The first-order valence-corrected chi connectivity index (χ1v) is 9.88. The lowest BCUT2D eigenvalue weighted by atomic mass is 10.3. The minimum absolute atomic E-state index is 0.122. The molecule has 1 atom stereocenters. The van der Waals surface area contributed by atoms with E-state index in [4.69, 9.17) is 21.1 Å². The Balaban J connectivity index is 1.64. The average molecular weight is 444 g/mol. The molecule has 162 valence electrons. The molecule has 3 rings (SSSR count). The highest BCUT2D eigenvalue weighted by molar-refractivity contribution is 6.30. The summed E-state index contributed by atoms with van der Waals surface area (Å²) in [6.07, 6.45) is -1.12. The van der Waals surface area contributed by atoms with Crippen LogP contribution < -0.4 is 15.6 Å². The SMILES string of the molecule is Cc1c(NC(=O)C(C)OC(=O)COc2ccc(Cl)cc2)c(=O)n(-c2ccccc2)n1C. The van der Waals surface area contributed by atoms with Crippen LogP contribution in [0.1, 0.15) is 12.6 Å². The summed E-state index contributed by atoms with van der Waals surface area (Å²) >= 11 is 5.80. The Bertz CT molecular complexity index is 1140. The molecule has 31 heavy (non-hydrogen) atoms. The number of nitrogens with one attached hydrogen (secondary N) is 1. The van der Waals surface area contributed by atoms with Crippen molar-refractivity contribution in [1.82, 2.24) is 9.36 Å². The van der Waals surface area contributed by atoms with E-state index in [1.807, 2.05) is 18.2 Å². The van der Waals surface area contributed by atoms with Crippen LogP contribution in [-0.4, -0.2) is 34.0 Å². The van der Waals surface area contributed by atoms with Crippen LogP contribution in [0.25, 0.3) is 5.69 Å². The molecule has 0 saturated carbocycles. The van der Waals surface area contributed by atoms with Crippen molar-refractivity contribution in [3.8, 4) is 11.4 Å². The summed E-state index contributed by atoms with van der Waals surface area (Å²) in [5, 5.41) is 3.11. The lowest BCUT2D eigenvalue weighted by Gasteiger charge is -2.13. The van der Waals surface area contributed by atoms with Gasteiger partial charge in [-0.25, -0.2) is 9.48 Å². The number of esters is 1. The van der Waals surface area contributed by atoms with Crippen LogP contribution >= 0.6 is 11.6 Å². The summed E-state index contributed by atoms with van der Waals surface area (Å²) in [6.45, 7) is 2.76. The smallest absolute Gasteiger partial charge is 0.344 e. The minimum atomic E-state index is -1.12. The number of ether oxygens (including phenoxy) is 2. The summed E-state index contributed by atoms with van der Waals surface area (Å²) < 4.78 is 13.5. The molecule has 3 aromatic rings. The maximum absolute atomic E-state index is 12.9. The van der Waals surface area contributed by atoms with E-state index in [0.29, 0.717) is 22.2 Å². The number of anilines is 1. The molecule has 1 amide bonds. The van der Waals surface area contributed by atoms with Crippen LogP contribution in [-0.2, 0) is 21.4 Å². The first kappa shape index (κ1) is 22.2. The van der Waals surface area contributed by atoms with E-state index >= 15 is 0 Å². The van der Waals surface area contributed by atoms with Gasteiger partial charge in [-0.15, -0.1) is 0 Å². The molecule has 1 aromatic heterocycles. The number of carbonyl (C=O) groups excluding carboxylic acids is 2. The monoisotopic (exact) mass is 443 g/mol. The van der Waals surface area contributed by atoms with E-state index < -0.39 is 18.0 Å². The second kappa shape index (κ2) is 9.53. The molecular weight excluding hydrogens is 422 g/mol. The van der Waals surface area contributed by atoms with Crippen molar-refractivity contribution in [2.24, 2.45) is 7.05 Å². The van der Waals surface area contributed by atoms with Crippen molar-refractivity contribution in [1.29, 1.82) is 0 Å². The summed E-state index contributed by atoms with van der Waals surface area (Å²) in [7, 11) is 1.72. The summed E-state index contributed by atoms with van der Waals surface area (Å²) in [4.78, 5) is 37.4. The van der Waals surface area contributed by atoms with Gasteiger partial charge in [-0.2, -0.15) is 0 Å². The molecule has 0 aliphatic carbocycles. The molecule has 0 spiro atoms. The van der Waals surface area contributed by atoms with Gasteiger partial charge in [-0.05, 0) is 50.2 Å². The van der Waals surface area contributed by atoms with Crippen LogP contribution in [0.3, 0.4) is 0 Å². The Morgan fingerprint density at radius 3 is 2.39 bits per heavy atom. The Hall–Kier alpha value is -3.52. The highest BCUT2D eigenvalue weighted by Crippen LogP contribution is 2.16. The van der Waals surface area contributed by atoms with E-state index in [0.717, 1.165) is 0 Å². The van der Waals surface area contributed by atoms with Crippen molar-refractivity contribution in [2.45, 2.75) is 20.0 Å². The van der Waals surface area contributed by atoms with Gasteiger partial charge in [0.05, 0.1) is 11.4 Å². The van der Waals surface area contributed by atoms with Crippen molar-refractivity contribution in [2.75, 3.05) is 11.9 Å². The quantitative estimate of drug-likeness (QED) is 0.566. The van der Waals surface area contributed by atoms with Gasteiger partial charge in [-0.1, -0.05) is 29.8 Å². The Morgan fingerprint density at radius 2 is 1.74 bits per heavy atom. The van der Waals surface area contributed by atoms with E-state index in [2.05, 4.69) is 5.32 Å². The number of amides is 1. The number of para-hydroxylation sites is 1. The first-order valence-electron chi connectivity index (χ1n) is 9.50. The third-order valence-corrected chi connectivity index (χ3v) is 4.90. The predicted molar refractivity (Wildman–Crippen MR) is 117 cm³/mol. The second-order valence-electron chi connectivity index (χ2n) is 6.80. The summed E-state index contributed by atoms with van der Waals surface area (Å²) in [5.41, 5.74) is 0.963. The number of aromatic nitrogens is 2. The highest BCUT2D eigenvalue weighted by Gasteiger charge is 2.23. The average Bonchev–Trinajstić information content (AvgIpc) is 2.97. The van der Waals surface area contributed by atoms with Crippen molar-refractivity contribution in [3.63, 3.8) is 0 Å². The summed E-state index contributed by atoms with van der Waals surface area (Å²) in [5.74, 6) is -0.894. The fourth-order valence-corrected chi connectivity index (χ4v) is 3.02. The Labute approximate surface area is 183 Å². The topological polar surface area (TPSA) is 91.6 Å². The van der Waals surface area contributed by atoms with Crippen molar-refractivity contribution < 1.29 is 19.1 Å². The third-order valence-electron chi connectivity index (χ3n) is 4.65. The minimum Gasteiger partial charge on any atom is -0.482 e. The molecule has 1 heterocycles. The third kappa shape index (κ3) is 5.16. The fourth-order valence-electron chi connectivity index (χ4n) is 2.89. The maximum atomic E-state index is 12.9. The lowest BCUT2D eigenvalue weighted by molar-refractivity contribution is -0.155. The van der Waals surface area contributed by atoms with Crippen LogP contribution in [0.15, 0.2) is 59.4 Å². The number of nitrogens with zero attached hydrogens (tertiary/aromatic N) is 2. The van der Waals surface area contributed by atoms with Gasteiger partial charge in [0, 0.05) is 12.1 Å². The first-order chi connectivity index (χ1) is 14.8. The lowest BCUT2D eigenvalue weighted by Crippen LogP contribution is -2.33. The molecule has 0 radical (unpaired) electrons. The standard InChI is InChI=1S/C22H22ClN3O5/c1-14-20(22(29)26(25(14)3)17-7-5-4-6-8-17)24-21(28)15(2)31-19(27)13-30-18-11-9-16(23)10-12-18/h4-12,15H,13H2,1-3H3,(H,24,28). The van der Waals surface area contributed by atoms with Crippen LogP contribution in [0.2, 0.25) is 5.02 Å². The Kier molecular flexibility index (Phi) is 6.81. The molecule has 1 unspecified atom stereocenters.